The lowest BCUT2D eigenvalue weighted by Gasteiger charge is -2.34. The highest BCUT2D eigenvalue weighted by molar-refractivity contribution is 6.30. The van der Waals surface area contributed by atoms with Gasteiger partial charge in [0.15, 0.2) is 0 Å². The molecule has 0 saturated carbocycles. The minimum Gasteiger partial charge on any atom is -0.480 e. The van der Waals surface area contributed by atoms with Crippen LogP contribution in [0.2, 0.25) is 5.02 Å². The van der Waals surface area contributed by atoms with Gasteiger partial charge in [-0.1, -0.05) is 99.1 Å². The van der Waals surface area contributed by atoms with Gasteiger partial charge in [-0.05, 0) is 46.8 Å². The summed E-state index contributed by atoms with van der Waals surface area (Å²) in [4.78, 5) is 13.4. The molecule has 1 atom stereocenters. The van der Waals surface area contributed by atoms with E-state index in [1.54, 1.807) is 0 Å². The third-order valence-corrected chi connectivity index (χ3v) is 6.25. The number of benzene rings is 3. The van der Waals surface area contributed by atoms with Crippen LogP contribution in [0.1, 0.15) is 48.9 Å². The number of carbonyl (C=O) groups is 1. The summed E-state index contributed by atoms with van der Waals surface area (Å²) in [7, 11) is 1.85. The Morgan fingerprint density at radius 1 is 0.971 bits per heavy atom. The van der Waals surface area contributed by atoms with Crippen LogP contribution in [0, 0.1) is 0 Å². The van der Waals surface area contributed by atoms with Gasteiger partial charge < -0.3 is 9.84 Å². The Kier molecular flexibility index (Phi) is 8.90. The number of rotatable bonds is 10. The minimum absolute atomic E-state index is 0.0182. The van der Waals surface area contributed by atoms with Crippen LogP contribution in [0.15, 0.2) is 78.9 Å². The summed E-state index contributed by atoms with van der Waals surface area (Å²) < 4.78 is 6.24. The van der Waals surface area contributed by atoms with E-state index in [0.717, 1.165) is 22.3 Å². The van der Waals surface area contributed by atoms with Crippen molar-refractivity contribution in [2.24, 2.45) is 0 Å². The molecular weight excluding hydrogens is 446 g/mol. The highest BCUT2D eigenvalue weighted by Gasteiger charge is 2.29. The molecule has 3 rings (SSSR count). The standard InChI is InChI=1S/C29H34ClNO3/c1-29(2,3)24-15-21(16-25(30)17-24)19-34-20-26(31(4)18-27(32)33)28(22-11-7-5-8-12-22)23-13-9-6-10-14-23/h5-17,26,28H,18-20H2,1-4H3,(H,32,33)/t26-/m1/s1. The molecule has 0 spiro atoms. The second kappa shape index (κ2) is 11.7. The zero-order chi connectivity index (χ0) is 24.7. The molecule has 0 radical (unpaired) electrons. The van der Waals surface area contributed by atoms with Crippen molar-refractivity contribution in [3.05, 3.63) is 106 Å². The number of aliphatic carboxylic acids is 1. The molecule has 0 unspecified atom stereocenters. The Hall–Kier alpha value is -2.66. The smallest absolute Gasteiger partial charge is 0.317 e. The van der Waals surface area contributed by atoms with Crippen molar-refractivity contribution in [3.8, 4) is 0 Å². The number of nitrogens with zero attached hydrogens (tertiary/aromatic N) is 1. The molecule has 3 aromatic carbocycles. The molecule has 34 heavy (non-hydrogen) atoms. The van der Waals surface area contributed by atoms with Gasteiger partial charge in [0, 0.05) is 17.0 Å². The molecule has 0 aliphatic rings. The summed E-state index contributed by atoms with van der Waals surface area (Å²) in [5, 5.41) is 10.2. The first kappa shape index (κ1) is 26.0. The molecule has 0 heterocycles. The quantitative estimate of drug-likeness (QED) is 0.367. The Morgan fingerprint density at radius 2 is 1.53 bits per heavy atom. The zero-order valence-corrected chi connectivity index (χ0v) is 21.1. The lowest BCUT2D eigenvalue weighted by Crippen LogP contribution is -2.43. The minimum atomic E-state index is -0.864. The van der Waals surface area contributed by atoms with Crippen molar-refractivity contribution in [1.82, 2.24) is 4.90 Å². The number of carboxylic acids is 1. The molecule has 0 aliphatic carbocycles. The maximum atomic E-state index is 11.6. The third-order valence-electron chi connectivity index (χ3n) is 6.03. The lowest BCUT2D eigenvalue weighted by molar-refractivity contribution is -0.138. The van der Waals surface area contributed by atoms with E-state index in [4.69, 9.17) is 16.3 Å². The first-order chi connectivity index (χ1) is 16.1. The summed E-state index contributed by atoms with van der Waals surface area (Å²) in [6.45, 7) is 7.17. The lowest BCUT2D eigenvalue weighted by atomic mass is 9.84. The van der Waals surface area contributed by atoms with Crippen LogP contribution < -0.4 is 0 Å². The number of halogens is 1. The predicted octanol–water partition coefficient (Wildman–Crippen LogP) is 6.37. The first-order valence-electron chi connectivity index (χ1n) is 11.5. The molecule has 0 amide bonds. The van der Waals surface area contributed by atoms with Crippen LogP contribution in [0.4, 0.5) is 0 Å². The van der Waals surface area contributed by atoms with Crippen LogP contribution in [0.25, 0.3) is 0 Å². The van der Waals surface area contributed by atoms with Crippen molar-refractivity contribution in [1.29, 1.82) is 0 Å². The van der Waals surface area contributed by atoms with Crippen molar-refractivity contribution < 1.29 is 14.6 Å². The van der Waals surface area contributed by atoms with E-state index >= 15 is 0 Å². The van der Waals surface area contributed by atoms with Crippen LogP contribution in [-0.2, 0) is 21.6 Å². The molecule has 0 aliphatic heterocycles. The fourth-order valence-electron chi connectivity index (χ4n) is 4.23. The second-order valence-electron chi connectivity index (χ2n) is 9.79. The van der Waals surface area contributed by atoms with E-state index in [9.17, 15) is 9.90 Å². The van der Waals surface area contributed by atoms with Gasteiger partial charge in [-0.2, -0.15) is 0 Å². The van der Waals surface area contributed by atoms with Gasteiger partial charge in [-0.3, -0.25) is 9.69 Å². The van der Waals surface area contributed by atoms with Crippen molar-refractivity contribution >= 4 is 17.6 Å². The van der Waals surface area contributed by atoms with Gasteiger partial charge >= 0.3 is 5.97 Å². The van der Waals surface area contributed by atoms with Crippen molar-refractivity contribution in [3.63, 3.8) is 0 Å². The monoisotopic (exact) mass is 479 g/mol. The number of ether oxygens (including phenoxy) is 1. The van der Waals surface area contributed by atoms with Gasteiger partial charge in [0.1, 0.15) is 0 Å². The molecule has 0 bridgehead atoms. The Bertz CT molecular complexity index is 1020. The largest absolute Gasteiger partial charge is 0.480 e. The van der Waals surface area contributed by atoms with Crippen LogP contribution >= 0.6 is 11.6 Å². The molecule has 5 heteroatoms. The maximum Gasteiger partial charge on any atom is 0.317 e. The van der Waals surface area contributed by atoms with Gasteiger partial charge in [0.05, 0.1) is 19.8 Å². The van der Waals surface area contributed by atoms with Crippen LogP contribution in [-0.4, -0.2) is 42.2 Å². The molecular formula is C29H34ClNO3. The van der Waals surface area contributed by atoms with Gasteiger partial charge in [-0.15, -0.1) is 0 Å². The Labute approximate surface area is 208 Å². The van der Waals surface area contributed by atoms with Gasteiger partial charge in [-0.25, -0.2) is 0 Å². The average Bonchev–Trinajstić information content (AvgIpc) is 2.78. The van der Waals surface area contributed by atoms with E-state index in [1.165, 1.54) is 0 Å². The van der Waals surface area contributed by atoms with Crippen molar-refractivity contribution in [2.45, 2.75) is 44.8 Å². The molecule has 0 fully saturated rings. The first-order valence-corrected chi connectivity index (χ1v) is 11.9. The summed E-state index contributed by atoms with van der Waals surface area (Å²) in [6.07, 6.45) is 0. The SMILES string of the molecule is CN(CC(=O)O)[C@H](COCc1cc(Cl)cc(C(C)(C)C)c1)C(c1ccccc1)c1ccccc1. The molecule has 0 saturated heterocycles. The fraction of sp³-hybridized carbons (Fsp3) is 0.345. The van der Waals surface area contributed by atoms with E-state index in [-0.39, 0.29) is 23.9 Å². The van der Waals surface area contributed by atoms with E-state index in [1.807, 2.05) is 60.5 Å². The normalized spacial score (nSPS) is 12.8. The zero-order valence-electron chi connectivity index (χ0n) is 20.4. The Morgan fingerprint density at radius 3 is 2.03 bits per heavy atom. The summed E-state index contributed by atoms with van der Waals surface area (Å²) in [5.41, 5.74) is 4.39. The van der Waals surface area contributed by atoms with E-state index in [0.29, 0.717) is 18.2 Å². The number of hydrogen-bond acceptors (Lipinski definition) is 3. The van der Waals surface area contributed by atoms with Crippen LogP contribution in [0.3, 0.4) is 0 Å². The van der Waals surface area contributed by atoms with Crippen molar-refractivity contribution in [2.75, 3.05) is 20.2 Å². The third kappa shape index (κ3) is 7.17. The summed E-state index contributed by atoms with van der Waals surface area (Å²) in [5.74, 6) is -0.909. The van der Waals surface area contributed by atoms with Gasteiger partial charge in [0.25, 0.3) is 0 Å². The highest BCUT2D eigenvalue weighted by atomic mass is 35.5. The summed E-state index contributed by atoms with van der Waals surface area (Å²) >= 11 is 6.39. The predicted molar refractivity (Wildman–Crippen MR) is 139 cm³/mol. The highest BCUT2D eigenvalue weighted by Crippen LogP contribution is 2.31. The van der Waals surface area contributed by atoms with Crippen LogP contribution in [0.5, 0.6) is 0 Å². The second-order valence-corrected chi connectivity index (χ2v) is 10.2. The average molecular weight is 480 g/mol. The molecule has 0 aromatic heterocycles. The fourth-order valence-corrected chi connectivity index (χ4v) is 4.49. The Balaban J connectivity index is 1.88. The van der Waals surface area contributed by atoms with E-state index < -0.39 is 5.97 Å². The number of hydrogen-bond donors (Lipinski definition) is 1. The molecule has 1 N–H and O–H groups in total. The number of likely N-dealkylation sites (N-methyl/N-ethyl adjacent to an activating group) is 1. The maximum absolute atomic E-state index is 11.6. The molecule has 4 nitrogen and oxygen atoms in total. The topological polar surface area (TPSA) is 49.8 Å². The summed E-state index contributed by atoms with van der Waals surface area (Å²) in [6, 6.07) is 26.3. The molecule has 180 valence electrons. The van der Waals surface area contributed by atoms with E-state index in [2.05, 4.69) is 51.1 Å². The molecule has 3 aromatic rings. The van der Waals surface area contributed by atoms with Gasteiger partial charge in [0.2, 0.25) is 0 Å². The number of carboxylic acid groups (broad SMARTS) is 1.